The van der Waals surface area contributed by atoms with Gasteiger partial charge in [0.25, 0.3) is 0 Å². The molecule has 0 aromatic rings. The van der Waals surface area contributed by atoms with E-state index in [0.29, 0.717) is 5.06 Å². The van der Waals surface area contributed by atoms with Gasteiger partial charge in [-0.1, -0.05) is 6.08 Å². The molecular weight excluding hydrogens is 305 g/mol. The standard InChI is InChI=1S/C8H11N3O7S.Na/c9-7(13)6-4(3-12)1-5-2-10(6)8(14)11(5)18-19(15,16)17;/h1,5-6,12H,2-3H2,(H2,9,13)(H,15,16,17);/t5-,6+;/m1./s1. The van der Waals surface area contributed by atoms with Crippen molar-refractivity contribution in [2.24, 2.45) is 5.73 Å². The zero-order valence-electron chi connectivity index (χ0n) is 10.5. The van der Waals surface area contributed by atoms with E-state index in [2.05, 4.69) is 4.28 Å². The molecule has 107 valence electrons. The molecule has 1 saturated heterocycles. The number of nitrogens with zero attached hydrogens (tertiary/aromatic N) is 2. The van der Waals surface area contributed by atoms with E-state index >= 15 is 0 Å². The first-order chi connectivity index (χ1) is 8.74. The number of carbonyl (C=O) groups is 2. The second kappa shape index (κ2) is 5.97. The third-order valence-electron chi connectivity index (χ3n) is 2.82. The van der Waals surface area contributed by atoms with E-state index in [4.69, 9.17) is 15.4 Å². The maximum atomic E-state index is 11.9. The Morgan fingerprint density at radius 1 is 1.55 bits per heavy atom. The number of rotatable bonds is 4. The van der Waals surface area contributed by atoms with Gasteiger partial charge >= 0.3 is 16.4 Å². The first-order valence-electron chi connectivity index (χ1n) is 5.12. The molecule has 20 heavy (non-hydrogen) atoms. The van der Waals surface area contributed by atoms with Crippen LogP contribution in [0.25, 0.3) is 0 Å². The molecule has 2 rings (SSSR count). The summed E-state index contributed by atoms with van der Waals surface area (Å²) >= 11 is 0. The van der Waals surface area contributed by atoms with Crippen molar-refractivity contribution in [1.82, 2.24) is 9.96 Å². The summed E-state index contributed by atoms with van der Waals surface area (Å²) < 4.78 is 34.0. The number of primary amides is 1. The number of hydrogen-bond donors (Lipinski definition) is 3. The number of amides is 3. The van der Waals surface area contributed by atoms with Crippen LogP contribution < -0.4 is 5.73 Å². The van der Waals surface area contributed by atoms with Crippen LogP contribution in [0.2, 0.25) is 0 Å². The monoisotopic (exact) mass is 316 g/mol. The van der Waals surface area contributed by atoms with Gasteiger partial charge in [-0.15, -0.1) is 4.28 Å². The molecule has 3 amide bonds. The number of nitrogens with two attached hydrogens (primary N) is 1. The van der Waals surface area contributed by atoms with Crippen LogP contribution in [0.5, 0.6) is 0 Å². The molecule has 2 aliphatic rings. The molecule has 12 heteroatoms. The maximum Gasteiger partial charge on any atom is 0.418 e. The fourth-order valence-electron chi connectivity index (χ4n) is 2.16. The molecule has 1 fully saturated rings. The Morgan fingerprint density at radius 2 is 2.15 bits per heavy atom. The number of fused-ring (bicyclic) bond motifs is 2. The van der Waals surface area contributed by atoms with Crippen molar-refractivity contribution in [3.63, 3.8) is 0 Å². The van der Waals surface area contributed by atoms with E-state index < -0.39 is 41.0 Å². The van der Waals surface area contributed by atoms with Crippen LogP contribution in [0.15, 0.2) is 11.6 Å². The molecule has 0 aromatic heterocycles. The van der Waals surface area contributed by atoms with Gasteiger partial charge in [0, 0.05) is 29.6 Å². The van der Waals surface area contributed by atoms with E-state index in [1.54, 1.807) is 0 Å². The van der Waals surface area contributed by atoms with Crippen LogP contribution in [-0.4, -0.2) is 94.8 Å². The van der Waals surface area contributed by atoms with Crippen LogP contribution in [0.4, 0.5) is 4.79 Å². The summed E-state index contributed by atoms with van der Waals surface area (Å²) in [6, 6.07) is -2.94. The average Bonchev–Trinajstić information content (AvgIpc) is 2.52. The van der Waals surface area contributed by atoms with Crippen LogP contribution in [0, 0.1) is 0 Å². The van der Waals surface area contributed by atoms with Gasteiger partial charge in [0.1, 0.15) is 6.04 Å². The van der Waals surface area contributed by atoms with E-state index in [-0.39, 0.29) is 41.7 Å². The van der Waals surface area contributed by atoms with Crippen LogP contribution in [0.1, 0.15) is 0 Å². The molecule has 0 aliphatic carbocycles. The Labute approximate surface area is 136 Å². The molecule has 2 bridgehead atoms. The molecule has 0 unspecified atom stereocenters. The van der Waals surface area contributed by atoms with Crippen LogP contribution >= 0.6 is 0 Å². The molecule has 10 nitrogen and oxygen atoms in total. The number of hydroxylamine groups is 2. The van der Waals surface area contributed by atoms with Crippen molar-refractivity contribution in [3.8, 4) is 0 Å². The van der Waals surface area contributed by atoms with Gasteiger partial charge in [0.2, 0.25) is 5.91 Å². The molecule has 0 aromatic carbocycles. The summed E-state index contributed by atoms with van der Waals surface area (Å²) in [7, 11) is -4.87. The Balaban J connectivity index is 0.00000200. The molecule has 1 radical (unpaired) electrons. The molecular formula is C8H11N3NaO7S. The second-order valence-corrected chi connectivity index (χ2v) is 5.04. The van der Waals surface area contributed by atoms with Crippen molar-refractivity contribution >= 4 is 51.9 Å². The maximum absolute atomic E-state index is 11.9. The van der Waals surface area contributed by atoms with Gasteiger partial charge in [-0.2, -0.15) is 13.5 Å². The predicted molar refractivity (Wildman–Crippen MR) is 64.3 cm³/mol. The molecule has 4 N–H and O–H groups in total. The molecule has 2 aliphatic heterocycles. The zero-order valence-corrected chi connectivity index (χ0v) is 13.3. The van der Waals surface area contributed by atoms with E-state index in [0.717, 1.165) is 4.90 Å². The zero-order chi connectivity index (χ0) is 14.4. The van der Waals surface area contributed by atoms with E-state index in [9.17, 15) is 18.0 Å². The van der Waals surface area contributed by atoms with Crippen LogP contribution in [0.3, 0.4) is 0 Å². The summed E-state index contributed by atoms with van der Waals surface area (Å²) in [6.45, 7) is -0.556. The molecule has 0 saturated carbocycles. The second-order valence-electron chi connectivity index (χ2n) is 4.03. The van der Waals surface area contributed by atoms with Gasteiger partial charge in [-0.25, -0.2) is 4.79 Å². The van der Waals surface area contributed by atoms with Gasteiger partial charge in [0.15, 0.2) is 0 Å². The summed E-state index contributed by atoms with van der Waals surface area (Å²) in [5.74, 6) is -0.860. The number of aliphatic hydroxyl groups is 1. The van der Waals surface area contributed by atoms with Crippen molar-refractivity contribution < 1.29 is 31.9 Å². The Bertz CT molecular complexity index is 562. The molecule has 2 heterocycles. The number of hydrogen-bond acceptors (Lipinski definition) is 6. The summed E-state index contributed by atoms with van der Waals surface area (Å²) in [4.78, 5) is 24.1. The number of aliphatic hydroxyl groups excluding tert-OH is 1. The summed E-state index contributed by atoms with van der Waals surface area (Å²) in [5, 5.41) is 9.55. The average molecular weight is 316 g/mol. The normalized spacial score (nSPS) is 25.3. The van der Waals surface area contributed by atoms with Crippen molar-refractivity contribution in [1.29, 1.82) is 0 Å². The Hall–Kier alpha value is -0.690. The molecule has 0 spiro atoms. The topological polar surface area (TPSA) is 150 Å². The third-order valence-corrected chi connectivity index (χ3v) is 3.16. The Kier molecular flexibility index (Phi) is 5.18. The molecule has 2 atom stereocenters. The van der Waals surface area contributed by atoms with Crippen molar-refractivity contribution in [2.75, 3.05) is 13.2 Å². The third kappa shape index (κ3) is 3.14. The fraction of sp³-hybridized carbons (Fsp3) is 0.500. The minimum absolute atomic E-state index is 0. The van der Waals surface area contributed by atoms with Gasteiger partial charge in [-0.05, 0) is 5.57 Å². The first-order valence-corrected chi connectivity index (χ1v) is 6.48. The summed E-state index contributed by atoms with van der Waals surface area (Å²) in [5.41, 5.74) is 5.31. The van der Waals surface area contributed by atoms with Gasteiger partial charge < -0.3 is 15.7 Å². The SMILES string of the molecule is NC(=O)[C@@H]1C(CO)=C[C@@H]2CN1C(=O)N2OS(=O)(=O)O.[Na]. The fourth-order valence-corrected chi connectivity index (χ4v) is 2.54. The predicted octanol–water partition coefficient (Wildman–Crippen LogP) is -2.77. The minimum Gasteiger partial charge on any atom is -0.392 e. The van der Waals surface area contributed by atoms with Crippen molar-refractivity contribution in [3.05, 3.63) is 11.6 Å². The largest absolute Gasteiger partial charge is 0.418 e. The number of carbonyl (C=O) groups excluding carboxylic acids is 2. The Morgan fingerprint density at radius 3 is 2.60 bits per heavy atom. The van der Waals surface area contributed by atoms with Crippen molar-refractivity contribution in [2.45, 2.75) is 12.1 Å². The van der Waals surface area contributed by atoms with Gasteiger partial charge in [0.05, 0.1) is 19.2 Å². The van der Waals surface area contributed by atoms with Gasteiger partial charge in [-0.3, -0.25) is 9.35 Å². The van der Waals surface area contributed by atoms with Crippen LogP contribution in [-0.2, 0) is 19.5 Å². The van der Waals surface area contributed by atoms with E-state index in [1.807, 2.05) is 0 Å². The van der Waals surface area contributed by atoms with E-state index in [1.165, 1.54) is 6.08 Å². The first kappa shape index (κ1) is 17.4. The number of urea groups is 1. The quantitative estimate of drug-likeness (QED) is 0.288. The summed E-state index contributed by atoms with van der Waals surface area (Å²) in [6.07, 6.45) is 1.31. The minimum atomic E-state index is -4.87. The smallest absolute Gasteiger partial charge is 0.392 e.